The van der Waals surface area contributed by atoms with Gasteiger partial charge in [-0.1, -0.05) is 24.1 Å². The van der Waals surface area contributed by atoms with Crippen molar-refractivity contribution in [3.8, 4) is 0 Å². The van der Waals surface area contributed by atoms with Gasteiger partial charge in [0.1, 0.15) is 0 Å². The van der Waals surface area contributed by atoms with Crippen LogP contribution in [0.25, 0.3) is 0 Å². The van der Waals surface area contributed by atoms with Crippen molar-refractivity contribution in [3.63, 3.8) is 0 Å². The number of piperidine rings is 1. The van der Waals surface area contributed by atoms with Crippen molar-refractivity contribution >= 4 is 10.0 Å². The Morgan fingerprint density at radius 1 is 1.11 bits per heavy atom. The molecule has 0 atom stereocenters. The molecule has 19 heavy (non-hydrogen) atoms. The maximum atomic E-state index is 12.4. The van der Waals surface area contributed by atoms with E-state index in [1.165, 1.54) is 23.6 Å². The first-order valence-corrected chi connectivity index (χ1v) is 8.19. The first kappa shape index (κ1) is 14.5. The molecule has 1 aliphatic heterocycles. The summed E-state index contributed by atoms with van der Waals surface area (Å²) in [6.45, 7) is 4.42. The van der Waals surface area contributed by atoms with Gasteiger partial charge < -0.3 is 0 Å². The minimum atomic E-state index is -3.36. The van der Waals surface area contributed by atoms with Crippen molar-refractivity contribution < 1.29 is 8.42 Å². The van der Waals surface area contributed by atoms with Crippen LogP contribution in [0.1, 0.15) is 24.8 Å². The Hall–Kier alpha value is -0.910. The lowest BCUT2D eigenvalue weighted by molar-refractivity contribution is 0.178. The first-order valence-electron chi connectivity index (χ1n) is 6.75. The van der Waals surface area contributed by atoms with E-state index in [2.05, 4.69) is 4.90 Å². The van der Waals surface area contributed by atoms with Crippen molar-refractivity contribution in [2.24, 2.45) is 0 Å². The molecule has 1 heterocycles. The predicted octanol–water partition coefficient (Wildman–Crippen LogP) is 2.06. The Morgan fingerprint density at radius 2 is 1.68 bits per heavy atom. The van der Waals surface area contributed by atoms with Gasteiger partial charge in [-0.3, -0.25) is 4.90 Å². The zero-order chi connectivity index (χ0) is 13.9. The zero-order valence-electron chi connectivity index (χ0n) is 11.7. The van der Waals surface area contributed by atoms with Gasteiger partial charge in [0.2, 0.25) is 10.0 Å². The summed E-state index contributed by atoms with van der Waals surface area (Å²) in [5, 5.41) is 0. The van der Waals surface area contributed by atoms with Crippen LogP contribution in [-0.4, -0.2) is 44.4 Å². The lowest BCUT2D eigenvalue weighted by atomic mass is 10.1. The number of rotatable bonds is 4. The van der Waals surface area contributed by atoms with Crippen LogP contribution in [0.5, 0.6) is 0 Å². The van der Waals surface area contributed by atoms with Crippen LogP contribution in [0.4, 0.5) is 0 Å². The Balaban J connectivity index is 2.07. The number of benzene rings is 1. The van der Waals surface area contributed by atoms with Gasteiger partial charge >= 0.3 is 0 Å². The van der Waals surface area contributed by atoms with E-state index < -0.39 is 10.0 Å². The van der Waals surface area contributed by atoms with E-state index in [9.17, 15) is 8.42 Å². The molecular weight excluding hydrogens is 260 g/mol. The van der Waals surface area contributed by atoms with Crippen molar-refractivity contribution in [2.75, 3.05) is 26.8 Å². The van der Waals surface area contributed by atoms with Gasteiger partial charge in [0, 0.05) is 7.05 Å². The third-order valence-corrected chi connectivity index (χ3v) is 5.38. The largest absolute Gasteiger partial charge is 0.290 e. The van der Waals surface area contributed by atoms with E-state index in [-0.39, 0.29) is 0 Å². The molecule has 1 aromatic carbocycles. The Bertz CT molecular complexity index is 505. The van der Waals surface area contributed by atoms with Gasteiger partial charge in [-0.15, -0.1) is 0 Å². The molecule has 0 saturated carbocycles. The number of hydrogen-bond donors (Lipinski definition) is 0. The third-order valence-electron chi connectivity index (χ3n) is 3.58. The molecule has 0 unspecified atom stereocenters. The van der Waals surface area contributed by atoms with Crippen LogP contribution < -0.4 is 0 Å². The van der Waals surface area contributed by atoms with Crippen LogP contribution in [0, 0.1) is 6.92 Å². The quantitative estimate of drug-likeness (QED) is 0.849. The van der Waals surface area contributed by atoms with E-state index in [1.807, 2.05) is 19.1 Å². The van der Waals surface area contributed by atoms with Crippen molar-refractivity contribution in [2.45, 2.75) is 31.1 Å². The van der Waals surface area contributed by atoms with Gasteiger partial charge in [0.05, 0.1) is 11.6 Å². The summed E-state index contributed by atoms with van der Waals surface area (Å²) in [6.07, 6.45) is 3.59. The maximum absolute atomic E-state index is 12.4. The van der Waals surface area contributed by atoms with Crippen LogP contribution in [0.2, 0.25) is 0 Å². The van der Waals surface area contributed by atoms with E-state index >= 15 is 0 Å². The Labute approximate surface area is 116 Å². The van der Waals surface area contributed by atoms with Gasteiger partial charge in [-0.25, -0.2) is 8.42 Å². The highest BCUT2D eigenvalue weighted by Crippen LogP contribution is 2.16. The third kappa shape index (κ3) is 3.55. The van der Waals surface area contributed by atoms with Crippen LogP contribution in [0.3, 0.4) is 0 Å². The van der Waals surface area contributed by atoms with Gasteiger partial charge in [0.25, 0.3) is 0 Å². The molecule has 0 bridgehead atoms. The second-order valence-electron chi connectivity index (χ2n) is 5.24. The Kier molecular flexibility index (Phi) is 4.60. The van der Waals surface area contributed by atoms with E-state index in [0.29, 0.717) is 11.6 Å². The highest BCUT2D eigenvalue weighted by Gasteiger charge is 2.23. The molecule has 1 aliphatic rings. The molecule has 0 aliphatic carbocycles. The fourth-order valence-corrected chi connectivity index (χ4v) is 3.50. The lowest BCUT2D eigenvalue weighted by Crippen LogP contribution is -2.41. The average molecular weight is 282 g/mol. The molecule has 0 spiro atoms. The highest BCUT2D eigenvalue weighted by molar-refractivity contribution is 7.89. The first-order chi connectivity index (χ1) is 9.00. The van der Waals surface area contributed by atoms with Gasteiger partial charge in [-0.05, 0) is 45.0 Å². The summed E-state index contributed by atoms with van der Waals surface area (Å²) in [5.74, 6) is 0. The number of hydrogen-bond acceptors (Lipinski definition) is 3. The van der Waals surface area contributed by atoms with Crippen molar-refractivity contribution in [1.82, 2.24) is 9.21 Å². The van der Waals surface area contributed by atoms with E-state index in [0.717, 1.165) is 18.7 Å². The minimum absolute atomic E-state index is 0.373. The molecular formula is C14H22N2O2S. The number of nitrogens with zero attached hydrogens (tertiary/aromatic N) is 2. The number of aryl methyl sites for hydroxylation is 1. The molecule has 0 N–H and O–H groups in total. The molecule has 4 nitrogen and oxygen atoms in total. The Morgan fingerprint density at radius 3 is 2.26 bits per heavy atom. The molecule has 1 saturated heterocycles. The van der Waals surface area contributed by atoms with Gasteiger partial charge in [0.15, 0.2) is 0 Å². The van der Waals surface area contributed by atoms with Crippen LogP contribution >= 0.6 is 0 Å². The molecule has 0 amide bonds. The predicted molar refractivity (Wildman–Crippen MR) is 76.4 cm³/mol. The summed E-state index contributed by atoms with van der Waals surface area (Å²) in [7, 11) is -1.71. The minimum Gasteiger partial charge on any atom is -0.290 e. The summed E-state index contributed by atoms with van der Waals surface area (Å²) in [4.78, 5) is 2.58. The van der Waals surface area contributed by atoms with Crippen molar-refractivity contribution in [3.05, 3.63) is 29.8 Å². The molecule has 0 aromatic heterocycles. The van der Waals surface area contributed by atoms with Gasteiger partial charge in [-0.2, -0.15) is 4.31 Å². The standard InChI is InChI=1S/C14H22N2O2S/c1-13-6-8-14(9-7-13)19(17,18)15(2)12-16-10-4-3-5-11-16/h6-9H,3-5,10-12H2,1-2H3. The summed E-state index contributed by atoms with van der Waals surface area (Å²) >= 11 is 0. The fourth-order valence-electron chi connectivity index (χ4n) is 2.35. The normalized spacial score (nSPS) is 17.8. The van der Waals surface area contributed by atoms with E-state index in [1.54, 1.807) is 19.2 Å². The van der Waals surface area contributed by atoms with Crippen molar-refractivity contribution in [1.29, 1.82) is 0 Å². The zero-order valence-corrected chi connectivity index (χ0v) is 12.5. The second-order valence-corrected chi connectivity index (χ2v) is 7.28. The second kappa shape index (κ2) is 6.03. The highest BCUT2D eigenvalue weighted by atomic mass is 32.2. The number of sulfonamides is 1. The molecule has 1 fully saturated rings. The average Bonchev–Trinajstić information content (AvgIpc) is 2.40. The molecule has 1 aromatic rings. The molecule has 2 rings (SSSR count). The molecule has 106 valence electrons. The van der Waals surface area contributed by atoms with E-state index in [4.69, 9.17) is 0 Å². The maximum Gasteiger partial charge on any atom is 0.243 e. The summed E-state index contributed by atoms with van der Waals surface area (Å²) < 4.78 is 26.3. The monoisotopic (exact) mass is 282 g/mol. The smallest absolute Gasteiger partial charge is 0.243 e. The lowest BCUT2D eigenvalue weighted by Gasteiger charge is -2.30. The number of likely N-dealkylation sites (tertiary alicyclic amines) is 1. The SMILES string of the molecule is Cc1ccc(S(=O)(=O)N(C)CN2CCCCC2)cc1. The molecule has 0 radical (unpaired) electrons. The molecule has 5 heteroatoms. The van der Waals surface area contributed by atoms with Crippen LogP contribution in [-0.2, 0) is 10.0 Å². The van der Waals surface area contributed by atoms with Crippen LogP contribution in [0.15, 0.2) is 29.2 Å². The summed E-state index contributed by atoms with van der Waals surface area (Å²) in [6, 6.07) is 7.03. The fraction of sp³-hybridized carbons (Fsp3) is 0.571. The summed E-state index contributed by atoms with van der Waals surface area (Å²) in [5.41, 5.74) is 1.07. The topological polar surface area (TPSA) is 40.6 Å².